The van der Waals surface area contributed by atoms with E-state index in [4.69, 9.17) is 4.52 Å². The molecule has 122 valence electrons. The Morgan fingerprint density at radius 1 is 1.26 bits per heavy atom. The van der Waals surface area contributed by atoms with Gasteiger partial charge in [-0.3, -0.25) is 0 Å². The van der Waals surface area contributed by atoms with Crippen molar-refractivity contribution in [3.8, 4) is 0 Å². The van der Waals surface area contributed by atoms with Crippen molar-refractivity contribution in [3.63, 3.8) is 0 Å². The number of hydrogen-bond donors (Lipinski definition) is 1. The van der Waals surface area contributed by atoms with Crippen molar-refractivity contribution in [2.75, 3.05) is 18.4 Å². The van der Waals surface area contributed by atoms with E-state index in [2.05, 4.69) is 15.5 Å². The van der Waals surface area contributed by atoms with Crippen molar-refractivity contribution >= 4 is 11.7 Å². The minimum atomic E-state index is -0.0197. The Morgan fingerprint density at radius 3 is 2.57 bits per heavy atom. The molecule has 1 aromatic carbocycles. The number of urea groups is 1. The highest BCUT2D eigenvalue weighted by Gasteiger charge is 2.17. The molecule has 0 spiro atoms. The van der Waals surface area contributed by atoms with E-state index in [0.717, 1.165) is 43.0 Å². The SMILES string of the molecule is CC(C)c1noc(Cc2ccc(NC(=O)N3CCCC3)cc2)n1. The number of rotatable bonds is 4. The first-order chi connectivity index (χ1) is 11.1. The lowest BCUT2D eigenvalue weighted by molar-refractivity contribution is 0.222. The molecular formula is C17H22N4O2. The Bertz CT molecular complexity index is 657. The molecule has 1 N–H and O–H groups in total. The van der Waals surface area contributed by atoms with Crippen LogP contribution in [0.5, 0.6) is 0 Å². The van der Waals surface area contributed by atoms with Gasteiger partial charge in [-0.2, -0.15) is 4.98 Å². The van der Waals surface area contributed by atoms with E-state index in [-0.39, 0.29) is 11.9 Å². The summed E-state index contributed by atoms with van der Waals surface area (Å²) >= 11 is 0. The summed E-state index contributed by atoms with van der Waals surface area (Å²) in [5.74, 6) is 1.60. The lowest BCUT2D eigenvalue weighted by atomic mass is 10.1. The van der Waals surface area contributed by atoms with Gasteiger partial charge in [0.15, 0.2) is 5.82 Å². The van der Waals surface area contributed by atoms with E-state index >= 15 is 0 Å². The van der Waals surface area contributed by atoms with Crippen molar-refractivity contribution in [1.82, 2.24) is 15.0 Å². The van der Waals surface area contributed by atoms with E-state index in [9.17, 15) is 4.79 Å². The number of carbonyl (C=O) groups is 1. The minimum Gasteiger partial charge on any atom is -0.339 e. The highest BCUT2D eigenvalue weighted by Crippen LogP contribution is 2.16. The van der Waals surface area contributed by atoms with Crippen LogP contribution in [0.3, 0.4) is 0 Å². The number of hydrogen-bond acceptors (Lipinski definition) is 4. The van der Waals surface area contributed by atoms with Crippen LogP contribution >= 0.6 is 0 Å². The number of amides is 2. The van der Waals surface area contributed by atoms with Crippen molar-refractivity contribution < 1.29 is 9.32 Å². The monoisotopic (exact) mass is 314 g/mol. The molecule has 2 heterocycles. The Kier molecular flexibility index (Phi) is 4.60. The van der Waals surface area contributed by atoms with Gasteiger partial charge < -0.3 is 14.7 Å². The standard InChI is InChI=1S/C17H22N4O2/c1-12(2)16-19-15(23-20-16)11-13-5-7-14(8-6-13)18-17(22)21-9-3-4-10-21/h5-8,12H,3-4,9-11H2,1-2H3,(H,18,22). The largest absolute Gasteiger partial charge is 0.339 e. The molecule has 3 rings (SSSR count). The summed E-state index contributed by atoms with van der Waals surface area (Å²) in [4.78, 5) is 18.3. The second-order valence-electron chi connectivity index (χ2n) is 6.20. The molecule has 0 atom stereocenters. The van der Waals surface area contributed by atoms with Crippen molar-refractivity contribution in [2.45, 2.75) is 39.0 Å². The molecule has 0 aliphatic carbocycles. The maximum Gasteiger partial charge on any atom is 0.321 e. The van der Waals surface area contributed by atoms with Gasteiger partial charge in [-0.1, -0.05) is 31.1 Å². The number of nitrogens with one attached hydrogen (secondary N) is 1. The molecule has 0 saturated carbocycles. The van der Waals surface area contributed by atoms with Crippen molar-refractivity contribution in [2.24, 2.45) is 0 Å². The minimum absolute atomic E-state index is 0.0197. The number of carbonyl (C=O) groups excluding carboxylic acids is 1. The fourth-order valence-corrected chi connectivity index (χ4v) is 2.58. The van der Waals surface area contributed by atoms with Crippen LogP contribution in [0.2, 0.25) is 0 Å². The van der Waals surface area contributed by atoms with Gasteiger partial charge in [0.1, 0.15) is 0 Å². The molecule has 1 aromatic heterocycles. The van der Waals surface area contributed by atoms with Crippen LogP contribution < -0.4 is 5.32 Å². The molecule has 1 saturated heterocycles. The summed E-state index contributed by atoms with van der Waals surface area (Å²) in [5.41, 5.74) is 1.88. The molecular weight excluding hydrogens is 292 g/mol. The Balaban J connectivity index is 1.58. The molecule has 2 aromatic rings. The highest BCUT2D eigenvalue weighted by molar-refractivity contribution is 5.89. The number of aromatic nitrogens is 2. The Hall–Kier alpha value is -2.37. The highest BCUT2D eigenvalue weighted by atomic mass is 16.5. The van der Waals surface area contributed by atoms with Crippen molar-refractivity contribution in [1.29, 1.82) is 0 Å². The summed E-state index contributed by atoms with van der Waals surface area (Å²) in [6, 6.07) is 7.73. The fraction of sp³-hybridized carbons (Fsp3) is 0.471. The predicted octanol–water partition coefficient (Wildman–Crippen LogP) is 3.41. The van der Waals surface area contributed by atoms with Gasteiger partial charge in [0.05, 0.1) is 6.42 Å². The number of anilines is 1. The first-order valence-electron chi connectivity index (χ1n) is 8.09. The van der Waals surface area contributed by atoms with Gasteiger partial charge >= 0.3 is 6.03 Å². The molecule has 1 aliphatic heterocycles. The zero-order valence-corrected chi connectivity index (χ0v) is 13.6. The zero-order chi connectivity index (χ0) is 16.2. The van der Waals surface area contributed by atoms with Crippen molar-refractivity contribution in [3.05, 3.63) is 41.5 Å². The topological polar surface area (TPSA) is 71.3 Å². The van der Waals surface area contributed by atoms with Crippen LogP contribution in [0.15, 0.2) is 28.8 Å². The van der Waals surface area contributed by atoms with E-state index in [1.54, 1.807) is 0 Å². The van der Waals surface area contributed by atoms with E-state index < -0.39 is 0 Å². The van der Waals surface area contributed by atoms with Crippen LogP contribution in [-0.2, 0) is 6.42 Å². The molecule has 0 bridgehead atoms. The van der Waals surface area contributed by atoms with Gasteiger partial charge in [-0.15, -0.1) is 0 Å². The average Bonchev–Trinajstić information content (AvgIpc) is 3.20. The zero-order valence-electron chi connectivity index (χ0n) is 13.6. The molecule has 1 fully saturated rings. The Morgan fingerprint density at radius 2 is 1.96 bits per heavy atom. The Labute approximate surface area is 135 Å². The van der Waals surface area contributed by atoms with Crippen LogP contribution in [0.4, 0.5) is 10.5 Å². The van der Waals surface area contributed by atoms with E-state index in [0.29, 0.717) is 12.3 Å². The van der Waals surface area contributed by atoms with Crippen LogP contribution in [0.1, 0.15) is 49.9 Å². The molecule has 2 amide bonds. The van der Waals surface area contributed by atoms with Crippen LogP contribution in [0, 0.1) is 0 Å². The van der Waals surface area contributed by atoms with E-state index in [1.165, 1.54) is 0 Å². The molecule has 0 unspecified atom stereocenters. The smallest absolute Gasteiger partial charge is 0.321 e. The first kappa shape index (κ1) is 15.5. The summed E-state index contributed by atoms with van der Waals surface area (Å²) in [7, 11) is 0. The number of nitrogens with zero attached hydrogens (tertiary/aromatic N) is 3. The number of likely N-dealkylation sites (tertiary alicyclic amines) is 1. The van der Waals surface area contributed by atoms with Gasteiger partial charge in [0.25, 0.3) is 0 Å². The van der Waals surface area contributed by atoms with Gasteiger partial charge in [0.2, 0.25) is 5.89 Å². The normalized spacial score (nSPS) is 14.5. The third-order valence-electron chi connectivity index (χ3n) is 3.95. The van der Waals surface area contributed by atoms with Crippen LogP contribution in [0.25, 0.3) is 0 Å². The summed E-state index contributed by atoms with van der Waals surface area (Å²) in [5, 5.41) is 6.89. The second kappa shape index (κ2) is 6.81. The molecule has 6 heteroatoms. The maximum absolute atomic E-state index is 12.0. The second-order valence-corrected chi connectivity index (χ2v) is 6.20. The van der Waals surface area contributed by atoms with Gasteiger partial charge in [-0.05, 0) is 30.5 Å². The third kappa shape index (κ3) is 3.88. The molecule has 0 radical (unpaired) electrons. The summed E-state index contributed by atoms with van der Waals surface area (Å²) in [6.07, 6.45) is 2.78. The first-order valence-corrected chi connectivity index (χ1v) is 8.09. The quantitative estimate of drug-likeness (QED) is 0.938. The summed E-state index contributed by atoms with van der Waals surface area (Å²) in [6.45, 7) is 5.76. The predicted molar refractivity (Wildman–Crippen MR) is 87.5 cm³/mol. The third-order valence-corrected chi connectivity index (χ3v) is 3.95. The fourth-order valence-electron chi connectivity index (χ4n) is 2.58. The lowest BCUT2D eigenvalue weighted by Gasteiger charge is -2.16. The maximum atomic E-state index is 12.0. The lowest BCUT2D eigenvalue weighted by Crippen LogP contribution is -2.32. The van der Waals surface area contributed by atoms with Crippen LogP contribution in [-0.4, -0.2) is 34.2 Å². The molecule has 1 aliphatic rings. The average molecular weight is 314 g/mol. The van der Waals surface area contributed by atoms with Gasteiger partial charge in [0, 0.05) is 24.7 Å². The molecule has 23 heavy (non-hydrogen) atoms. The van der Waals surface area contributed by atoms with E-state index in [1.807, 2.05) is 43.0 Å². The van der Waals surface area contributed by atoms with Gasteiger partial charge in [-0.25, -0.2) is 4.79 Å². The number of benzene rings is 1. The molecule has 6 nitrogen and oxygen atoms in total. The summed E-state index contributed by atoms with van der Waals surface area (Å²) < 4.78 is 5.25.